The largest absolute Gasteiger partial charge is 0.372 e. The van der Waals surface area contributed by atoms with Gasteiger partial charge in [-0.05, 0) is 48.0 Å². The molecule has 0 N–H and O–H groups in total. The minimum absolute atomic E-state index is 0.0727. The third kappa shape index (κ3) is 8.09. The van der Waals surface area contributed by atoms with Gasteiger partial charge < -0.3 is 9.26 Å². The van der Waals surface area contributed by atoms with Crippen molar-refractivity contribution in [1.29, 1.82) is 0 Å². The van der Waals surface area contributed by atoms with Gasteiger partial charge in [-0.25, -0.2) is 0 Å². The van der Waals surface area contributed by atoms with Gasteiger partial charge in [-0.1, -0.05) is 39.5 Å². The second-order valence-corrected chi connectivity index (χ2v) is 10.4. The predicted molar refractivity (Wildman–Crippen MR) is 116 cm³/mol. The molecule has 0 aromatic heterocycles. The summed E-state index contributed by atoms with van der Waals surface area (Å²) in [5, 5.41) is 0. The van der Waals surface area contributed by atoms with E-state index in [1.165, 1.54) is 25.7 Å². The molecule has 1 unspecified atom stereocenters. The highest BCUT2D eigenvalue weighted by Gasteiger charge is 2.41. The minimum Gasteiger partial charge on any atom is -0.372 e. The van der Waals surface area contributed by atoms with E-state index in [9.17, 15) is 4.79 Å². The summed E-state index contributed by atoms with van der Waals surface area (Å²) in [5.41, 5.74) is 0. The fraction of sp³-hybridized carbons (Fsp3) is 0.955. The van der Waals surface area contributed by atoms with E-state index in [4.69, 9.17) is 9.26 Å². The molecule has 5 heteroatoms. The number of hydrogen-bond donors (Lipinski definition) is 0. The fourth-order valence-corrected chi connectivity index (χ4v) is 6.48. The SMILES string of the molecule is CCCCCCCC(=O)CP(O[C@H]1[C@@H](C)[C@H](C)O[C@@H]1C)N(C(C)C)C(C)C. The Kier molecular flexibility index (Phi) is 11.6. The first-order chi connectivity index (χ1) is 12.7. The smallest absolute Gasteiger partial charge is 0.140 e. The zero-order chi connectivity index (χ0) is 20.6. The Bertz CT molecular complexity index is 422. The third-order valence-corrected chi connectivity index (χ3v) is 8.13. The molecule has 27 heavy (non-hydrogen) atoms. The molecular weight excluding hydrogens is 357 g/mol. The molecule has 0 aliphatic carbocycles. The van der Waals surface area contributed by atoms with E-state index in [0.29, 0.717) is 36.4 Å². The van der Waals surface area contributed by atoms with Gasteiger partial charge in [0.15, 0.2) is 0 Å². The lowest BCUT2D eigenvalue weighted by Gasteiger charge is -2.39. The van der Waals surface area contributed by atoms with Crippen molar-refractivity contribution >= 4 is 14.1 Å². The quantitative estimate of drug-likeness (QED) is 0.273. The molecule has 4 nitrogen and oxygen atoms in total. The molecule has 0 spiro atoms. The lowest BCUT2D eigenvalue weighted by atomic mass is 10.0. The van der Waals surface area contributed by atoms with Crippen molar-refractivity contribution in [1.82, 2.24) is 4.67 Å². The number of ketones is 1. The van der Waals surface area contributed by atoms with Crippen LogP contribution in [0.1, 0.15) is 93.9 Å². The van der Waals surface area contributed by atoms with Crippen molar-refractivity contribution in [2.75, 3.05) is 6.16 Å². The molecule has 1 saturated heterocycles. The van der Waals surface area contributed by atoms with Gasteiger partial charge in [-0.2, -0.15) is 0 Å². The summed E-state index contributed by atoms with van der Waals surface area (Å²) < 4.78 is 15.0. The lowest BCUT2D eigenvalue weighted by Crippen LogP contribution is -2.37. The summed E-state index contributed by atoms with van der Waals surface area (Å²) in [4.78, 5) is 12.7. The van der Waals surface area contributed by atoms with Crippen LogP contribution in [0.2, 0.25) is 0 Å². The highest BCUT2D eigenvalue weighted by molar-refractivity contribution is 7.51. The summed E-state index contributed by atoms with van der Waals surface area (Å²) >= 11 is 0. The number of Topliss-reactive ketones (excluding diaryl/α,β-unsaturated/α-hetero) is 1. The van der Waals surface area contributed by atoms with Crippen LogP contribution in [0.3, 0.4) is 0 Å². The van der Waals surface area contributed by atoms with E-state index in [2.05, 4.69) is 60.1 Å². The first kappa shape index (κ1) is 25.0. The Hall–Kier alpha value is -0.0200. The number of ether oxygens (including phenoxy) is 1. The Labute approximate surface area is 169 Å². The topological polar surface area (TPSA) is 38.8 Å². The van der Waals surface area contributed by atoms with Gasteiger partial charge in [0.1, 0.15) is 14.1 Å². The zero-order valence-corrected chi connectivity index (χ0v) is 19.9. The molecule has 0 radical (unpaired) electrons. The maximum atomic E-state index is 12.7. The van der Waals surface area contributed by atoms with Crippen molar-refractivity contribution in [2.24, 2.45) is 5.92 Å². The maximum Gasteiger partial charge on any atom is 0.140 e. The Morgan fingerprint density at radius 3 is 2.07 bits per heavy atom. The molecule has 5 atom stereocenters. The van der Waals surface area contributed by atoms with Crippen molar-refractivity contribution in [3.05, 3.63) is 0 Å². The standard InChI is InChI=1S/C22H44NO3P/c1-9-10-11-12-13-14-21(24)15-27(23(16(2)3)17(4)5)26-22-18(6)19(7)25-20(22)8/h16-20,22H,9-15H2,1-8H3/t18-,19-,20+,22-,27?/m0/s1. The van der Waals surface area contributed by atoms with Crippen LogP contribution in [0, 0.1) is 5.92 Å². The summed E-state index contributed by atoms with van der Waals surface area (Å²) in [7, 11) is -0.949. The summed E-state index contributed by atoms with van der Waals surface area (Å²) in [5.74, 6) is 0.714. The molecule has 1 aliphatic heterocycles. The van der Waals surface area contributed by atoms with Gasteiger partial charge in [-0.3, -0.25) is 9.46 Å². The molecule has 0 amide bonds. The van der Waals surface area contributed by atoms with Crippen molar-refractivity contribution in [3.63, 3.8) is 0 Å². The van der Waals surface area contributed by atoms with Gasteiger partial charge in [-0.15, -0.1) is 0 Å². The predicted octanol–water partition coefficient (Wildman–Crippen LogP) is 6.18. The molecule has 1 fully saturated rings. The number of carbonyl (C=O) groups is 1. The van der Waals surface area contributed by atoms with Gasteiger partial charge in [0.25, 0.3) is 0 Å². The van der Waals surface area contributed by atoms with Crippen LogP contribution in [0.5, 0.6) is 0 Å². The molecule has 1 rings (SSSR count). The summed E-state index contributed by atoms with van der Waals surface area (Å²) in [6, 6.07) is 0.720. The van der Waals surface area contributed by atoms with Crippen LogP contribution in [0.15, 0.2) is 0 Å². The fourth-order valence-electron chi connectivity index (χ4n) is 4.00. The highest BCUT2D eigenvalue weighted by Crippen LogP contribution is 2.49. The molecule has 1 aliphatic rings. The maximum absolute atomic E-state index is 12.7. The second-order valence-electron chi connectivity index (χ2n) is 8.76. The molecule has 1 heterocycles. The molecule has 160 valence electrons. The van der Waals surface area contributed by atoms with Crippen LogP contribution in [-0.2, 0) is 14.1 Å². The van der Waals surface area contributed by atoms with Gasteiger partial charge >= 0.3 is 0 Å². The monoisotopic (exact) mass is 401 g/mol. The van der Waals surface area contributed by atoms with Crippen molar-refractivity contribution < 1.29 is 14.1 Å². The number of rotatable bonds is 13. The molecule has 0 aromatic rings. The summed E-state index contributed by atoms with van der Waals surface area (Å²) in [6.45, 7) is 17.5. The highest BCUT2D eigenvalue weighted by atomic mass is 31.2. The summed E-state index contributed by atoms with van der Waals surface area (Å²) in [6.07, 6.45) is 7.54. The van der Waals surface area contributed by atoms with Crippen LogP contribution in [0.4, 0.5) is 0 Å². The number of unbranched alkanes of at least 4 members (excludes halogenated alkanes) is 4. The Morgan fingerprint density at radius 2 is 1.59 bits per heavy atom. The molecular formula is C22H44NO3P. The first-order valence-electron chi connectivity index (χ1n) is 11.1. The Morgan fingerprint density at radius 1 is 1.00 bits per heavy atom. The van der Waals surface area contributed by atoms with Crippen LogP contribution < -0.4 is 0 Å². The van der Waals surface area contributed by atoms with Crippen LogP contribution >= 0.6 is 8.30 Å². The van der Waals surface area contributed by atoms with E-state index >= 15 is 0 Å². The van der Waals surface area contributed by atoms with E-state index in [-0.39, 0.29) is 18.3 Å². The number of hydrogen-bond acceptors (Lipinski definition) is 4. The molecule has 0 bridgehead atoms. The van der Waals surface area contributed by atoms with Crippen LogP contribution in [0.25, 0.3) is 0 Å². The first-order valence-corrected chi connectivity index (χ1v) is 12.5. The number of nitrogens with zero attached hydrogens (tertiary/aromatic N) is 1. The number of carbonyl (C=O) groups excluding carboxylic acids is 1. The average Bonchev–Trinajstić information content (AvgIpc) is 2.80. The van der Waals surface area contributed by atoms with Crippen molar-refractivity contribution in [2.45, 2.75) is 124 Å². The zero-order valence-electron chi connectivity index (χ0n) is 19.0. The Balaban J connectivity index is 2.75. The van der Waals surface area contributed by atoms with E-state index in [1.807, 2.05) is 0 Å². The van der Waals surface area contributed by atoms with Gasteiger partial charge in [0.2, 0.25) is 0 Å². The van der Waals surface area contributed by atoms with Gasteiger partial charge in [0.05, 0.1) is 24.5 Å². The molecule has 0 saturated carbocycles. The second kappa shape index (κ2) is 12.5. The van der Waals surface area contributed by atoms with E-state index < -0.39 is 8.30 Å². The molecule has 0 aromatic carbocycles. The third-order valence-electron chi connectivity index (χ3n) is 5.58. The lowest BCUT2D eigenvalue weighted by molar-refractivity contribution is -0.117. The van der Waals surface area contributed by atoms with Gasteiger partial charge in [0, 0.05) is 24.4 Å². The average molecular weight is 402 g/mol. The van der Waals surface area contributed by atoms with E-state index in [0.717, 1.165) is 6.42 Å². The normalized spacial score (nSPS) is 27.1. The minimum atomic E-state index is -0.949. The van der Waals surface area contributed by atoms with Crippen LogP contribution in [-0.4, -0.2) is 47.0 Å². The van der Waals surface area contributed by atoms with E-state index in [1.54, 1.807) is 0 Å². The van der Waals surface area contributed by atoms with Crippen molar-refractivity contribution in [3.8, 4) is 0 Å².